The Hall–Kier alpha value is -3.13. The van der Waals surface area contributed by atoms with Crippen LogP contribution in [0.5, 0.6) is 5.75 Å². The van der Waals surface area contributed by atoms with Crippen molar-refractivity contribution >= 4 is 22.9 Å². The van der Waals surface area contributed by atoms with E-state index in [0.717, 1.165) is 61.5 Å². The Balaban J connectivity index is 1.46. The van der Waals surface area contributed by atoms with E-state index in [4.69, 9.17) is 14.7 Å². The Bertz CT molecular complexity index is 1010. The maximum atomic E-state index is 11.0. The Kier molecular flexibility index (Phi) is 9.31. The molecule has 32 heavy (non-hydrogen) atoms. The number of carbonyl (C=O) groups is 1. The second-order valence-corrected chi connectivity index (χ2v) is 7.40. The largest absolute Gasteiger partial charge is 0.493 e. The lowest BCUT2D eigenvalue weighted by molar-refractivity contribution is -0.124. The summed E-state index contributed by atoms with van der Waals surface area (Å²) >= 11 is 0. The van der Waals surface area contributed by atoms with Crippen LogP contribution in [-0.4, -0.2) is 42.5 Å². The summed E-state index contributed by atoms with van der Waals surface area (Å²) in [4.78, 5) is 14.4. The topological polar surface area (TPSA) is 95.6 Å². The molecule has 0 fully saturated rings. The number of hydrogen-bond acceptors (Lipinski definition) is 5. The van der Waals surface area contributed by atoms with Crippen molar-refractivity contribution in [1.82, 2.24) is 15.8 Å². The van der Waals surface area contributed by atoms with Gasteiger partial charge in [-0.3, -0.25) is 10.0 Å². The zero-order valence-corrected chi connectivity index (χ0v) is 18.4. The van der Waals surface area contributed by atoms with Crippen molar-refractivity contribution in [3.63, 3.8) is 0 Å². The van der Waals surface area contributed by atoms with Crippen molar-refractivity contribution < 1.29 is 19.5 Å². The highest BCUT2D eigenvalue weighted by molar-refractivity contribution is 5.90. The molecule has 0 saturated carbocycles. The minimum absolute atomic E-state index is 0.548. The van der Waals surface area contributed by atoms with Gasteiger partial charge in [-0.15, -0.1) is 0 Å². The fraction of sp³-hybridized carbons (Fsp3) is 0.320. The van der Waals surface area contributed by atoms with E-state index in [1.54, 1.807) is 11.6 Å². The van der Waals surface area contributed by atoms with Gasteiger partial charge in [-0.25, -0.2) is 5.48 Å². The molecule has 3 aromatic rings. The van der Waals surface area contributed by atoms with Gasteiger partial charge < -0.3 is 19.8 Å². The van der Waals surface area contributed by atoms with Crippen LogP contribution in [0.15, 0.2) is 54.7 Å². The molecular weight excluding hydrogens is 406 g/mol. The summed E-state index contributed by atoms with van der Waals surface area (Å²) in [6.45, 7) is 5.72. The molecule has 0 spiro atoms. The third kappa shape index (κ3) is 7.23. The number of ether oxygens (including phenoxy) is 2. The van der Waals surface area contributed by atoms with Crippen LogP contribution in [0, 0.1) is 0 Å². The molecule has 1 amide bonds. The van der Waals surface area contributed by atoms with Gasteiger partial charge in [0, 0.05) is 49.4 Å². The van der Waals surface area contributed by atoms with Crippen molar-refractivity contribution in [3.05, 3.63) is 71.4 Å². The van der Waals surface area contributed by atoms with Gasteiger partial charge in [-0.1, -0.05) is 24.3 Å². The summed E-state index contributed by atoms with van der Waals surface area (Å²) in [6, 6.07) is 14.1. The van der Waals surface area contributed by atoms with Crippen LogP contribution in [0.3, 0.4) is 0 Å². The summed E-state index contributed by atoms with van der Waals surface area (Å²) in [5.74, 6) is 0.335. The molecule has 0 radical (unpaired) electrons. The predicted molar refractivity (Wildman–Crippen MR) is 126 cm³/mol. The molecule has 0 bridgehead atoms. The van der Waals surface area contributed by atoms with Crippen LogP contribution in [0.1, 0.15) is 30.0 Å². The lowest BCUT2D eigenvalue weighted by Crippen LogP contribution is -2.16. The van der Waals surface area contributed by atoms with E-state index in [2.05, 4.69) is 28.6 Å². The minimum Gasteiger partial charge on any atom is -0.493 e. The highest BCUT2D eigenvalue weighted by Crippen LogP contribution is 2.24. The number of rotatable bonds is 13. The van der Waals surface area contributed by atoms with Crippen LogP contribution in [0.4, 0.5) is 0 Å². The van der Waals surface area contributed by atoms with E-state index in [0.29, 0.717) is 6.61 Å². The van der Waals surface area contributed by atoms with Crippen molar-refractivity contribution in [1.29, 1.82) is 0 Å². The summed E-state index contributed by atoms with van der Waals surface area (Å²) in [6.07, 6.45) is 6.79. The van der Waals surface area contributed by atoms with Crippen LogP contribution in [0.2, 0.25) is 0 Å². The Morgan fingerprint density at radius 3 is 2.78 bits per heavy atom. The lowest BCUT2D eigenvalue weighted by Gasteiger charge is -2.08. The molecule has 1 aromatic heterocycles. The Labute approximate surface area is 188 Å². The number of benzene rings is 2. The van der Waals surface area contributed by atoms with E-state index in [9.17, 15) is 4.79 Å². The van der Waals surface area contributed by atoms with E-state index < -0.39 is 5.91 Å². The molecular formula is C25H31N3O4. The number of nitrogens with one attached hydrogen (secondary N) is 3. The van der Waals surface area contributed by atoms with Crippen LogP contribution in [-0.2, 0) is 22.5 Å². The molecule has 0 saturated heterocycles. The van der Waals surface area contributed by atoms with Gasteiger partial charge in [0.05, 0.1) is 6.61 Å². The number of aromatic nitrogens is 1. The number of amides is 1. The smallest absolute Gasteiger partial charge is 0.267 e. The monoisotopic (exact) mass is 437 g/mol. The normalized spacial score (nSPS) is 11.3. The summed E-state index contributed by atoms with van der Waals surface area (Å²) in [5.41, 5.74) is 6.00. The molecule has 7 heteroatoms. The molecule has 0 atom stereocenters. The first-order valence-corrected chi connectivity index (χ1v) is 10.9. The Morgan fingerprint density at radius 1 is 1.16 bits per heavy atom. The number of H-pyrrole nitrogens is 1. The zero-order valence-electron chi connectivity index (χ0n) is 18.4. The van der Waals surface area contributed by atoms with Crippen LogP contribution < -0.4 is 15.5 Å². The fourth-order valence-electron chi connectivity index (χ4n) is 3.36. The van der Waals surface area contributed by atoms with Gasteiger partial charge in [0.2, 0.25) is 0 Å². The molecule has 2 aromatic carbocycles. The van der Waals surface area contributed by atoms with E-state index in [-0.39, 0.29) is 0 Å². The van der Waals surface area contributed by atoms with E-state index in [1.807, 2.05) is 37.3 Å². The first-order chi connectivity index (χ1) is 15.7. The second-order valence-electron chi connectivity index (χ2n) is 7.40. The molecule has 170 valence electrons. The number of carbonyl (C=O) groups excluding carboxylic acids is 1. The van der Waals surface area contributed by atoms with Gasteiger partial charge in [0.25, 0.3) is 5.91 Å². The number of hydrogen-bond donors (Lipinski definition) is 4. The molecule has 7 nitrogen and oxygen atoms in total. The van der Waals surface area contributed by atoms with Crippen molar-refractivity contribution in [2.24, 2.45) is 0 Å². The van der Waals surface area contributed by atoms with E-state index >= 15 is 0 Å². The molecule has 0 aliphatic carbocycles. The van der Waals surface area contributed by atoms with Gasteiger partial charge in [-0.2, -0.15) is 0 Å². The average Bonchev–Trinajstić information content (AvgIpc) is 3.23. The number of fused-ring (bicyclic) bond motifs is 1. The predicted octanol–water partition coefficient (Wildman–Crippen LogP) is 3.82. The molecule has 3 rings (SSSR count). The molecule has 0 aliphatic heterocycles. The summed E-state index contributed by atoms with van der Waals surface area (Å²) in [7, 11) is 0. The van der Waals surface area contributed by atoms with Gasteiger partial charge in [0.1, 0.15) is 5.75 Å². The first kappa shape index (κ1) is 23.5. The lowest BCUT2D eigenvalue weighted by atomic mass is 10.1. The van der Waals surface area contributed by atoms with E-state index in [1.165, 1.54) is 17.0 Å². The highest BCUT2D eigenvalue weighted by Gasteiger charge is 2.06. The van der Waals surface area contributed by atoms with Crippen molar-refractivity contribution in [2.75, 3.05) is 26.4 Å². The first-order valence-electron chi connectivity index (χ1n) is 10.9. The van der Waals surface area contributed by atoms with Crippen molar-refractivity contribution in [3.8, 4) is 5.75 Å². The quantitative estimate of drug-likeness (QED) is 0.141. The number of hydroxylamine groups is 1. The highest BCUT2D eigenvalue weighted by atomic mass is 16.5. The third-order valence-corrected chi connectivity index (χ3v) is 5.06. The minimum atomic E-state index is -0.548. The second kappa shape index (κ2) is 12.7. The Morgan fingerprint density at radius 2 is 2.00 bits per heavy atom. The standard InChI is InChI=1S/C25H31N3O4/c1-2-31-14-3-15-32-22-9-10-24-23(16-22)21(18-27-24)12-13-26-17-20-6-4-19(5-7-20)8-11-25(29)28-30/h4-11,16,18,26-27,30H,2-3,12-15,17H2,1H3,(H,28,29)/b11-8+. The molecule has 4 N–H and O–H groups in total. The van der Waals surface area contributed by atoms with Gasteiger partial charge in [-0.05, 0) is 60.9 Å². The van der Waals surface area contributed by atoms with Crippen molar-refractivity contribution in [2.45, 2.75) is 26.3 Å². The molecule has 1 heterocycles. The molecule has 0 aliphatic rings. The summed E-state index contributed by atoms with van der Waals surface area (Å²) < 4.78 is 11.2. The molecule has 0 unspecified atom stereocenters. The average molecular weight is 438 g/mol. The third-order valence-electron chi connectivity index (χ3n) is 5.06. The summed E-state index contributed by atoms with van der Waals surface area (Å²) in [5, 5.41) is 13.2. The van der Waals surface area contributed by atoms with Crippen LogP contribution >= 0.6 is 0 Å². The van der Waals surface area contributed by atoms with Gasteiger partial charge in [0.15, 0.2) is 0 Å². The van der Waals surface area contributed by atoms with Crippen LogP contribution in [0.25, 0.3) is 17.0 Å². The maximum Gasteiger partial charge on any atom is 0.267 e. The SMILES string of the molecule is CCOCCCOc1ccc2[nH]cc(CCNCc3ccc(/C=C/C(=O)NO)cc3)c2c1. The number of aromatic amines is 1. The van der Waals surface area contributed by atoms with Gasteiger partial charge >= 0.3 is 0 Å². The zero-order chi connectivity index (χ0) is 22.6. The fourth-order valence-corrected chi connectivity index (χ4v) is 3.36. The maximum absolute atomic E-state index is 11.0.